The van der Waals surface area contributed by atoms with Gasteiger partial charge in [-0.05, 0) is 86.1 Å². The minimum absolute atomic E-state index is 0.0210. The first-order valence-corrected chi connectivity index (χ1v) is 15.0. The predicted molar refractivity (Wildman–Crippen MR) is 131 cm³/mol. The maximum absolute atomic E-state index is 11.2. The summed E-state index contributed by atoms with van der Waals surface area (Å²) in [5.74, 6) is 3.20. The zero-order valence-corrected chi connectivity index (χ0v) is 21.6. The Balaban J connectivity index is 1.17. The van der Waals surface area contributed by atoms with E-state index in [2.05, 4.69) is 20.3 Å². The van der Waals surface area contributed by atoms with Crippen molar-refractivity contribution in [2.75, 3.05) is 18.0 Å². The van der Waals surface area contributed by atoms with Gasteiger partial charge < -0.3 is 30.1 Å². The van der Waals surface area contributed by atoms with Crippen LogP contribution in [0.3, 0.4) is 0 Å². The molecule has 0 radical (unpaired) electrons. The van der Waals surface area contributed by atoms with Gasteiger partial charge in [0.05, 0.1) is 18.6 Å². The molecule has 3 heterocycles. The molecule has 0 amide bonds. The van der Waals surface area contributed by atoms with E-state index < -0.39 is 38.3 Å². The van der Waals surface area contributed by atoms with Crippen LogP contribution in [0, 0.1) is 23.2 Å². The summed E-state index contributed by atoms with van der Waals surface area (Å²) in [6, 6.07) is 0. The number of hydrogen-bond donors (Lipinski definition) is 5. The topological polar surface area (TPSA) is 163 Å². The van der Waals surface area contributed by atoms with Crippen molar-refractivity contribution in [1.29, 1.82) is 0 Å². The number of aliphatic hydroxyl groups excluding tert-OH is 2. The number of fused-ring (bicyclic) bond motifs is 1. The number of aromatic nitrogens is 4. The molecule has 4 bridgehead atoms. The third-order valence-corrected chi connectivity index (χ3v) is 9.83. The predicted octanol–water partition coefficient (Wildman–Crippen LogP) is 2.69. The summed E-state index contributed by atoms with van der Waals surface area (Å²) < 4.78 is 18.5. The Morgan fingerprint density at radius 2 is 1.78 bits per heavy atom. The fourth-order valence-corrected chi connectivity index (χ4v) is 8.49. The van der Waals surface area contributed by atoms with Gasteiger partial charge in [0, 0.05) is 6.54 Å². The van der Waals surface area contributed by atoms with E-state index in [1.807, 2.05) is 0 Å². The molecule has 2 aromatic rings. The maximum atomic E-state index is 11.2. The maximum Gasteiger partial charge on any atom is 0.325 e. The second kappa shape index (κ2) is 9.15. The second-order valence-electron chi connectivity index (χ2n) is 11.5. The molecule has 198 valence electrons. The SMILES string of the molecule is O=P(O)(O)CC[C@H]1O[C@@H](n2cnc3c(NCCC45CC6CC(CC(C6)C4)C5)nc(Cl)nc32)C(O)C1O. The fourth-order valence-electron chi connectivity index (χ4n) is 7.73. The van der Waals surface area contributed by atoms with Crippen LogP contribution >= 0.6 is 19.2 Å². The minimum atomic E-state index is -4.26. The van der Waals surface area contributed by atoms with Crippen LogP contribution in [-0.2, 0) is 9.30 Å². The molecule has 0 aromatic carbocycles. The van der Waals surface area contributed by atoms with Gasteiger partial charge in [0.15, 0.2) is 23.2 Å². The molecule has 7 rings (SSSR count). The molecule has 0 spiro atoms. The molecule has 1 aliphatic heterocycles. The molecule has 4 saturated carbocycles. The summed E-state index contributed by atoms with van der Waals surface area (Å²) in [6.45, 7) is 0.757. The molecule has 2 aromatic heterocycles. The Hall–Kier alpha value is -1.33. The number of imidazole rings is 1. The molecule has 36 heavy (non-hydrogen) atoms. The van der Waals surface area contributed by atoms with Crippen molar-refractivity contribution in [1.82, 2.24) is 19.5 Å². The average Bonchev–Trinajstić information content (AvgIpc) is 3.32. The summed E-state index contributed by atoms with van der Waals surface area (Å²) in [5, 5.41) is 24.5. The fraction of sp³-hybridized carbons (Fsp3) is 0.783. The quantitative estimate of drug-likeness (QED) is 0.248. The number of ether oxygens (including phenoxy) is 1. The Bertz CT molecular complexity index is 1150. The van der Waals surface area contributed by atoms with Crippen molar-refractivity contribution in [2.45, 2.75) is 75.9 Å². The van der Waals surface area contributed by atoms with Gasteiger partial charge in [0.25, 0.3) is 0 Å². The van der Waals surface area contributed by atoms with E-state index in [4.69, 9.17) is 26.1 Å². The van der Waals surface area contributed by atoms with Gasteiger partial charge in [-0.1, -0.05) is 0 Å². The van der Waals surface area contributed by atoms with Crippen molar-refractivity contribution in [2.24, 2.45) is 23.2 Å². The Labute approximate surface area is 213 Å². The summed E-state index contributed by atoms with van der Waals surface area (Å²) in [4.78, 5) is 31.4. The number of anilines is 1. The van der Waals surface area contributed by atoms with Gasteiger partial charge in [-0.3, -0.25) is 9.13 Å². The monoisotopic (exact) mass is 541 g/mol. The summed E-state index contributed by atoms with van der Waals surface area (Å²) >= 11 is 6.25. The summed E-state index contributed by atoms with van der Waals surface area (Å²) in [6.07, 6.45) is 5.60. The molecule has 5 N–H and O–H groups in total. The zero-order valence-electron chi connectivity index (χ0n) is 19.9. The highest BCUT2D eigenvalue weighted by Gasteiger charge is 2.50. The third kappa shape index (κ3) is 4.68. The Morgan fingerprint density at radius 3 is 2.42 bits per heavy atom. The molecule has 5 aliphatic rings. The summed E-state index contributed by atoms with van der Waals surface area (Å²) in [7, 11) is -4.26. The smallest absolute Gasteiger partial charge is 0.325 e. The van der Waals surface area contributed by atoms with Crippen LogP contribution in [-0.4, -0.2) is 70.5 Å². The first-order valence-electron chi connectivity index (χ1n) is 12.8. The second-order valence-corrected chi connectivity index (χ2v) is 13.6. The molecular formula is C23H33ClN5O6P. The van der Waals surface area contributed by atoms with E-state index in [0.29, 0.717) is 22.4 Å². The van der Waals surface area contributed by atoms with Crippen molar-refractivity contribution in [3.05, 3.63) is 11.6 Å². The van der Waals surface area contributed by atoms with Gasteiger partial charge in [-0.2, -0.15) is 9.97 Å². The third-order valence-electron chi connectivity index (χ3n) is 8.82. The minimum Gasteiger partial charge on any atom is -0.388 e. The number of rotatable bonds is 8. The van der Waals surface area contributed by atoms with E-state index in [0.717, 1.165) is 30.7 Å². The normalized spacial score (nSPS) is 37.8. The number of halogens is 1. The van der Waals surface area contributed by atoms with Gasteiger partial charge in [0.1, 0.15) is 12.2 Å². The molecule has 5 fully saturated rings. The zero-order chi connectivity index (χ0) is 25.2. The Kier molecular flexibility index (Phi) is 6.35. The molecule has 4 atom stereocenters. The Morgan fingerprint density at radius 1 is 1.11 bits per heavy atom. The molecular weight excluding hydrogens is 509 g/mol. The van der Waals surface area contributed by atoms with Crippen molar-refractivity contribution < 1.29 is 29.3 Å². The summed E-state index contributed by atoms with van der Waals surface area (Å²) in [5.41, 5.74) is 1.25. The average molecular weight is 542 g/mol. The first-order chi connectivity index (χ1) is 17.1. The molecule has 13 heteroatoms. The van der Waals surface area contributed by atoms with Crippen LogP contribution in [0.15, 0.2) is 6.33 Å². The van der Waals surface area contributed by atoms with Gasteiger partial charge >= 0.3 is 7.60 Å². The van der Waals surface area contributed by atoms with Crippen molar-refractivity contribution in [3.8, 4) is 0 Å². The highest BCUT2D eigenvalue weighted by atomic mass is 35.5. The largest absolute Gasteiger partial charge is 0.388 e. The van der Waals surface area contributed by atoms with Crippen LogP contribution in [0.5, 0.6) is 0 Å². The molecule has 4 aliphatic carbocycles. The van der Waals surface area contributed by atoms with Gasteiger partial charge in [-0.25, -0.2) is 4.98 Å². The number of aliphatic hydroxyl groups is 2. The number of nitrogens with zero attached hydrogens (tertiary/aromatic N) is 4. The number of nitrogens with one attached hydrogen (secondary N) is 1. The van der Waals surface area contributed by atoms with Crippen molar-refractivity contribution >= 4 is 36.2 Å². The lowest BCUT2D eigenvalue weighted by Gasteiger charge is -2.57. The van der Waals surface area contributed by atoms with Crippen LogP contribution in [0.2, 0.25) is 5.28 Å². The lowest BCUT2D eigenvalue weighted by molar-refractivity contribution is -0.0552. The van der Waals surface area contributed by atoms with E-state index in [1.165, 1.54) is 49.4 Å². The lowest BCUT2D eigenvalue weighted by Crippen LogP contribution is -2.46. The van der Waals surface area contributed by atoms with Gasteiger partial charge in [0.2, 0.25) is 5.28 Å². The molecule has 11 nitrogen and oxygen atoms in total. The first kappa shape index (κ1) is 25.0. The van der Waals surface area contributed by atoms with E-state index in [9.17, 15) is 14.8 Å². The lowest BCUT2D eigenvalue weighted by atomic mass is 9.49. The van der Waals surface area contributed by atoms with Crippen molar-refractivity contribution in [3.63, 3.8) is 0 Å². The van der Waals surface area contributed by atoms with E-state index >= 15 is 0 Å². The van der Waals surface area contributed by atoms with Crippen LogP contribution < -0.4 is 5.32 Å². The highest BCUT2D eigenvalue weighted by molar-refractivity contribution is 7.51. The number of hydrogen-bond acceptors (Lipinski definition) is 8. The van der Waals surface area contributed by atoms with E-state index in [-0.39, 0.29) is 11.7 Å². The van der Waals surface area contributed by atoms with Crippen LogP contribution in [0.4, 0.5) is 5.82 Å². The van der Waals surface area contributed by atoms with Crippen LogP contribution in [0.25, 0.3) is 11.2 Å². The molecule has 2 unspecified atom stereocenters. The highest BCUT2D eigenvalue weighted by Crippen LogP contribution is 2.61. The molecule has 1 saturated heterocycles. The van der Waals surface area contributed by atoms with Crippen LogP contribution in [0.1, 0.15) is 57.6 Å². The van der Waals surface area contributed by atoms with E-state index in [1.54, 1.807) is 0 Å². The van der Waals surface area contributed by atoms with Gasteiger partial charge in [-0.15, -0.1) is 0 Å². The standard InChI is InChI=1S/C23H33ClN5O6P/c24-22-27-19(25-3-2-23-8-12-5-13(9-23)7-14(6-12)10-23)16-20(28-22)29(11-26-16)21-18(31)17(30)15(35-21)1-4-36(32,33)34/h11-15,17-18,21,30-31H,1-10H2,(H,25,27,28)(H2,32,33,34)/t12?,13?,14?,15-,17?,18?,21-,23?/m1/s1.